The van der Waals surface area contributed by atoms with E-state index in [0.29, 0.717) is 5.92 Å². The molecule has 3 rings (SSSR count). The van der Waals surface area contributed by atoms with Gasteiger partial charge in [-0.05, 0) is 29.9 Å². The number of thiazole rings is 1. The van der Waals surface area contributed by atoms with E-state index in [-0.39, 0.29) is 5.41 Å². The normalized spacial score (nSPS) is 18.5. The molecule has 1 N–H and O–H groups in total. The molecule has 0 bridgehead atoms. The summed E-state index contributed by atoms with van der Waals surface area (Å²) in [6.45, 7) is 8.79. The average Bonchev–Trinajstić information content (AvgIpc) is 2.94. The number of hydrogen-bond acceptors (Lipinski definition) is 3. The van der Waals surface area contributed by atoms with Gasteiger partial charge in [-0.2, -0.15) is 0 Å². The van der Waals surface area contributed by atoms with E-state index in [1.165, 1.54) is 28.2 Å². The molecule has 0 saturated heterocycles. The molecule has 2 aromatic rings. The first kappa shape index (κ1) is 14.7. The molecule has 3 heteroatoms. The first-order chi connectivity index (χ1) is 10.0. The smallest absolute Gasteiger partial charge is 0.0928 e. The van der Waals surface area contributed by atoms with E-state index in [1.807, 2.05) is 11.3 Å². The highest BCUT2D eigenvalue weighted by atomic mass is 32.1. The molecule has 0 aliphatic carbocycles. The minimum Gasteiger partial charge on any atom is -0.312 e. The highest BCUT2D eigenvalue weighted by Crippen LogP contribution is 2.29. The Morgan fingerprint density at radius 2 is 2.10 bits per heavy atom. The van der Waals surface area contributed by atoms with Crippen molar-refractivity contribution >= 4 is 11.3 Å². The fraction of sp³-hybridized carbons (Fsp3) is 0.500. The standard InChI is InChI=1S/C18H24N2S/c1-18(2,3)16-12-21-17(20-16)9-8-14-11-19-10-13-6-4-5-7-15(13)14/h4-7,12,14,19H,8-11H2,1-3H3. The Morgan fingerprint density at radius 3 is 2.86 bits per heavy atom. The third-order valence-electron chi connectivity index (χ3n) is 4.23. The number of hydrogen-bond donors (Lipinski definition) is 1. The monoisotopic (exact) mass is 300 g/mol. The predicted octanol–water partition coefficient (Wildman–Crippen LogP) is 4.26. The van der Waals surface area contributed by atoms with Gasteiger partial charge in [0.2, 0.25) is 0 Å². The molecule has 1 aromatic heterocycles. The highest BCUT2D eigenvalue weighted by Gasteiger charge is 2.21. The van der Waals surface area contributed by atoms with Gasteiger partial charge < -0.3 is 5.32 Å². The van der Waals surface area contributed by atoms with Crippen LogP contribution in [0.2, 0.25) is 0 Å². The van der Waals surface area contributed by atoms with Gasteiger partial charge in [0.05, 0.1) is 10.7 Å². The Kier molecular flexibility index (Phi) is 4.14. The van der Waals surface area contributed by atoms with Gasteiger partial charge in [0.15, 0.2) is 0 Å². The molecule has 21 heavy (non-hydrogen) atoms. The molecule has 0 radical (unpaired) electrons. The molecule has 0 spiro atoms. The van der Waals surface area contributed by atoms with Crippen LogP contribution >= 0.6 is 11.3 Å². The van der Waals surface area contributed by atoms with Crippen molar-refractivity contribution in [3.8, 4) is 0 Å². The fourth-order valence-corrected chi connectivity index (χ4v) is 3.95. The summed E-state index contributed by atoms with van der Waals surface area (Å²) in [5.41, 5.74) is 4.38. The zero-order chi connectivity index (χ0) is 14.9. The van der Waals surface area contributed by atoms with E-state index in [9.17, 15) is 0 Å². The van der Waals surface area contributed by atoms with E-state index in [0.717, 1.165) is 19.5 Å². The van der Waals surface area contributed by atoms with E-state index >= 15 is 0 Å². The minimum absolute atomic E-state index is 0.160. The number of aryl methyl sites for hydroxylation is 1. The highest BCUT2D eigenvalue weighted by molar-refractivity contribution is 7.09. The Labute approximate surface area is 131 Å². The lowest BCUT2D eigenvalue weighted by Crippen LogP contribution is -2.28. The van der Waals surface area contributed by atoms with E-state index < -0.39 is 0 Å². The lowest BCUT2D eigenvalue weighted by Gasteiger charge is -2.26. The molecule has 0 saturated carbocycles. The summed E-state index contributed by atoms with van der Waals surface area (Å²) in [5, 5.41) is 7.04. The molecule has 0 fully saturated rings. The number of fused-ring (bicyclic) bond motifs is 1. The maximum absolute atomic E-state index is 4.82. The van der Waals surface area contributed by atoms with Crippen molar-refractivity contribution < 1.29 is 0 Å². The second-order valence-corrected chi connectivity index (χ2v) is 7.88. The van der Waals surface area contributed by atoms with Gasteiger partial charge in [0.25, 0.3) is 0 Å². The van der Waals surface area contributed by atoms with Crippen LogP contribution < -0.4 is 5.32 Å². The summed E-state index contributed by atoms with van der Waals surface area (Å²) in [6.07, 6.45) is 2.27. The van der Waals surface area contributed by atoms with Crippen LogP contribution in [0, 0.1) is 0 Å². The van der Waals surface area contributed by atoms with Crippen LogP contribution in [-0.4, -0.2) is 11.5 Å². The zero-order valence-corrected chi connectivity index (χ0v) is 14.0. The van der Waals surface area contributed by atoms with E-state index in [1.54, 1.807) is 0 Å². The van der Waals surface area contributed by atoms with Gasteiger partial charge in [0, 0.05) is 23.9 Å². The van der Waals surface area contributed by atoms with Crippen LogP contribution in [0.4, 0.5) is 0 Å². The topological polar surface area (TPSA) is 24.9 Å². The summed E-state index contributed by atoms with van der Waals surface area (Å²) >= 11 is 1.81. The van der Waals surface area contributed by atoms with Crippen molar-refractivity contribution in [1.29, 1.82) is 0 Å². The number of benzene rings is 1. The second-order valence-electron chi connectivity index (χ2n) is 6.94. The minimum atomic E-state index is 0.160. The van der Waals surface area contributed by atoms with Crippen LogP contribution in [0.3, 0.4) is 0 Å². The summed E-state index contributed by atoms with van der Waals surface area (Å²) < 4.78 is 0. The summed E-state index contributed by atoms with van der Waals surface area (Å²) in [6, 6.07) is 8.84. The molecular formula is C18H24N2S. The van der Waals surface area contributed by atoms with Gasteiger partial charge in [-0.25, -0.2) is 4.98 Å². The van der Waals surface area contributed by atoms with Crippen LogP contribution in [0.15, 0.2) is 29.6 Å². The van der Waals surface area contributed by atoms with Crippen molar-refractivity contribution in [1.82, 2.24) is 10.3 Å². The van der Waals surface area contributed by atoms with Gasteiger partial charge in [-0.15, -0.1) is 11.3 Å². The van der Waals surface area contributed by atoms with Gasteiger partial charge in [0.1, 0.15) is 0 Å². The average molecular weight is 300 g/mol. The Balaban J connectivity index is 1.68. The molecule has 1 aliphatic rings. The lowest BCUT2D eigenvalue weighted by atomic mass is 9.88. The third-order valence-corrected chi connectivity index (χ3v) is 5.14. The molecule has 1 aromatic carbocycles. The largest absolute Gasteiger partial charge is 0.312 e. The molecule has 2 heterocycles. The second kappa shape index (κ2) is 5.90. The summed E-state index contributed by atoms with van der Waals surface area (Å²) in [5.74, 6) is 0.622. The number of nitrogens with zero attached hydrogens (tertiary/aromatic N) is 1. The maximum atomic E-state index is 4.82. The van der Waals surface area contributed by atoms with Crippen molar-refractivity contribution in [3.63, 3.8) is 0 Å². The lowest BCUT2D eigenvalue weighted by molar-refractivity contribution is 0.512. The first-order valence-corrected chi connectivity index (χ1v) is 8.65. The molecule has 1 unspecified atom stereocenters. The molecule has 112 valence electrons. The first-order valence-electron chi connectivity index (χ1n) is 7.77. The quantitative estimate of drug-likeness (QED) is 0.916. The molecule has 1 aliphatic heterocycles. The fourth-order valence-electron chi connectivity index (χ4n) is 2.91. The zero-order valence-electron chi connectivity index (χ0n) is 13.1. The van der Waals surface area contributed by atoms with Crippen LogP contribution in [0.5, 0.6) is 0 Å². The number of rotatable bonds is 3. The maximum Gasteiger partial charge on any atom is 0.0928 e. The third kappa shape index (κ3) is 3.35. The van der Waals surface area contributed by atoms with Crippen molar-refractivity contribution in [3.05, 3.63) is 51.5 Å². The van der Waals surface area contributed by atoms with E-state index in [2.05, 4.69) is 55.7 Å². The molecule has 1 atom stereocenters. The van der Waals surface area contributed by atoms with Crippen LogP contribution in [-0.2, 0) is 18.4 Å². The van der Waals surface area contributed by atoms with Gasteiger partial charge in [-0.3, -0.25) is 0 Å². The van der Waals surface area contributed by atoms with Gasteiger partial charge >= 0.3 is 0 Å². The van der Waals surface area contributed by atoms with Crippen molar-refractivity contribution in [2.45, 2.75) is 51.5 Å². The predicted molar refractivity (Wildman–Crippen MR) is 90.0 cm³/mol. The summed E-state index contributed by atoms with van der Waals surface area (Å²) in [4.78, 5) is 4.82. The van der Waals surface area contributed by atoms with Gasteiger partial charge in [-0.1, -0.05) is 45.0 Å². The molecule has 2 nitrogen and oxygen atoms in total. The Bertz CT molecular complexity index is 610. The summed E-state index contributed by atoms with van der Waals surface area (Å²) in [7, 11) is 0. The van der Waals surface area contributed by atoms with Crippen molar-refractivity contribution in [2.75, 3.05) is 6.54 Å². The SMILES string of the molecule is CC(C)(C)c1csc(CCC2CNCc3ccccc32)n1. The van der Waals surface area contributed by atoms with Crippen LogP contribution in [0.1, 0.15) is 54.9 Å². The Morgan fingerprint density at radius 1 is 1.29 bits per heavy atom. The van der Waals surface area contributed by atoms with Crippen molar-refractivity contribution in [2.24, 2.45) is 0 Å². The Hall–Kier alpha value is -1.19. The number of nitrogens with one attached hydrogen (secondary N) is 1. The van der Waals surface area contributed by atoms with E-state index in [4.69, 9.17) is 4.98 Å². The molecule has 0 amide bonds. The molecular weight excluding hydrogens is 276 g/mol. The van der Waals surface area contributed by atoms with Crippen LogP contribution in [0.25, 0.3) is 0 Å². The number of aromatic nitrogens is 1.